The lowest BCUT2D eigenvalue weighted by molar-refractivity contribution is 0.1000. The summed E-state index contributed by atoms with van der Waals surface area (Å²) >= 11 is 5.91. The second-order valence-corrected chi connectivity index (χ2v) is 4.30. The van der Waals surface area contributed by atoms with Crippen LogP contribution in [0.3, 0.4) is 0 Å². The first-order valence-corrected chi connectivity index (χ1v) is 5.74. The van der Waals surface area contributed by atoms with E-state index in [-0.39, 0.29) is 28.0 Å². The summed E-state index contributed by atoms with van der Waals surface area (Å²) in [6, 6.07) is 5.75. The normalized spacial score (nSPS) is 10.3. The van der Waals surface area contributed by atoms with Gasteiger partial charge in [-0.15, -0.1) is 0 Å². The zero-order chi connectivity index (χ0) is 14.0. The number of pyridine rings is 1. The van der Waals surface area contributed by atoms with Gasteiger partial charge in [-0.1, -0.05) is 17.7 Å². The molecule has 0 spiro atoms. The van der Waals surface area contributed by atoms with Crippen LogP contribution >= 0.6 is 11.6 Å². The molecule has 98 valence electrons. The minimum Gasteiger partial charge on any atom is -0.437 e. The van der Waals surface area contributed by atoms with Crippen LogP contribution in [0.25, 0.3) is 0 Å². The van der Waals surface area contributed by atoms with Crippen molar-refractivity contribution < 1.29 is 13.9 Å². The minimum atomic E-state index is -0.637. The van der Waals surface area contributed by atoms with Gasteiger partial charge in [-0.2, -0.15) is 0 Å². The van der Waals surface area contributed by atoms with Crippen LogP contribution in [0, 0.1) is 12.7 Å². The van der Waals surface area contributed by atoms with Crippen LogP contribution in [0.1, 0.15) is 15.9 Å². The standard InChI is InChI=1S/C13H10ClFN2O2/c1-7-2-3-9(5-11(7)15)19-13-10(14)4-8(6-17-13)12(16)18/h2-6H,1H3,(H2,16,18). The Kier molecular flexibility index (Phi) is 3.66. The number of rotatable bonds is 3. The van der Waals surface area contributed by atoms with Gasteiger partial charge >= 0.3 is 0 Å². The van der Waals surface area contributed by atoms with Gasteiger partial charge in [0.2, 0.25) is 11.8 Å². The topological polar surface area (TPSA) is 65.2 Å². The maximum absolute atomic E-state index is 13.4. The van der Waals surface area contributed by atoms with Crippen molar-refractivity contribution in [2.75, 3.05) is 0 Å². The molecule has 1 aromatic heterocycles. The number of primary amides is 1. The van der Waals surface area contributed by atoms with E-state index in [9.17, 15) is 9.18 Å². The van der Waals surface area contributed by atoms with Gasteiger partial charge in [-0.3, -0.25) is 4.79 Å². The molecule has 0 radical (unpaired) electrons. The first-order chi connectivity index (χ1) is 8.97. The second-order valence-electron chi connectivity index (χ2n) is 3.89. The molecule has 4 nitrogen and oxygen atoms in total. The summed E-state index contributed by atoms with van der Waals surface area (Å²) in [7, 11) is 0. The molecular formula is C13H10ClFN2O2. The summed E-state index contributed by atoms with van der Waals surface area (Å²) in [5.41, 5.74) is 5.78. The number of carbonyl (C=O) groups excluding carboxylic acids is 1. The number of hydrogen-bond acceptors (Lipinski definition) is 3. The molecule has 0 saturated carbocycles. The number of halogens is 2. The summed E-state index contributed by atoms with van der Waals surface area (Å²) in [6.07, 6.45) is 1.24. The van der Waals surface area contributed by atoms with E-state index in [1.54, 1.807) is 19.1 Å². The highest BCUT2D eigenvalue weighted by atomic mass is 35.5. The fourth-order valence-corrected chi connectivity index (χ4v) is 1.59. The monoisotopic (exact) mass is 280 g/mol. The summed E-state index contributed by atoms with van der Waals surface area (Å²) in [5.74, 6) is -0.677. The first kappa shape index (κ1) is 13.3. The number of carbonyl (C=O) groups is 1. The first-order valence-electron chi connectivity index (χ1n) is 5.36. The van der Waals surface area contributed by atoms with Gasteiger partial charge in [0.15, 0.2) is 0 Å². The van der Waals surface area contributed by atoms with Gasteiger partial charge in [0, 0.05) is 12.3 Å². The summed E-state index contributed by atoms with van der Waals surface area (Å²) in [6.45, 7) is 1.64. The Balaban J connectivity index is 2.28. The number of nitrogens with zero attached hydrogens (tertiary/aromatic N) is 1. The van der Waals surface area contributed by atoms with Crippen LogP contribution in [0.4, 0.5) is 4.39 Å². The van der Waals surface area contributed by atoms with E-state index in [2.05, 4.69) is 4.98 Å². The molecular weight excluding hydrogens is 271 g/mol. The lowest BCUT2D eigenvalue weighted by Crippen LogP contribution is -2.11. The summed E-state index contributed by atoms with van der Waals surface area (Å²) in [4.78, 5) is 14.8. The molecule has 0 bridgehead atoms. The molecule has 0 fully saturated rings. The molecule has 0 saturated heterocycles. The van der Waals surface area contributed by atoms with E-state index in [0.29, 0.717) is 5.56 Å². The Hall–Kier alpha value is -2.14. The lowest BCUT2D eigenvalue weighted by Gasteiger charge is -2.07. The number of amides is 1. The maximum Gasteiger partial charge on any atom is 0.250 e. The Morgan fingerprint density at radius 2 is 2.16 bits per heavy atom. The Labute approximate surface area is 114 Å². The fourth-order valence-electron chi connectivity index (χ4n) is 1.38. The number of benzene rings is 1. The smallest absolute Gasteiger partial charge is 0.250 e. The summed E-state index contributed by atoms with van der Waals surface area (Å²) in [5, 5.41) is 0.122. The molecule has 2 aromatic rings. The number of ether oxygens (including phenoxy) is 1. The Morgan fingerprint density at radius 3 is 2.74 bits per heavy atom. The Bertz CT molecular complexity index is 647. The highest BCUT2D eigenvalue weighted by molar-refractivity contribution is 6.32. The van der Waals surface area contributed by atoms with Crippen LogP contribution < -0.4 is 10.5 Å². The highest BCUT2D eigenvalue weighted by Gasteiger charge is 2.10. The van der Waals surface area contributed by atoms with Gasteiger partial charge < -0.3 is 10.5 Å². The molecule has 0 atom stereocenters. The predicted molar refractivity (Wildman–Crippen MR) is 69.0 cm³/mol. The second kappa shape index (κ2) is 5.24. The number of hydrogen-bond donors (Lipinski definition) is 1. The van der Waals surface area contributed by atoms with Crippen molar-refractivity contribution in [2.24, 2.45) is 5.73 Å². The fraction of sp³-hybridized carbons (Fsp3) is 0.0769. The molecule has 1 amide bonds. The number of aryl methyl sites for hydroxylation is 1. The van der Waals surface area contributed by atoms with Crippen molar-refractivity contribution in [1.29, 1.82) is 0 Å². The van der Waals surface area contributed by atoms with Gasteiger partial charge in [0.25, 0.3) is 0 Å². The molecule has 1 heterocycles. The molecule has 0 aliphatic heterocycles. The third kappa shape index (κ3) is 3.00. The Morgan fingerprint density at radius 1 is 1.42 bits per heavy atom. The van der Waals surface area contributed by atoms with Gasteiger partial charge in [-0.05, 0) is 24.6 Å². The van der Waals surface area contributed by atoms with E-state index in [1.165, 1.54) is 18.3 Å². The van der Waals surface area contributed by atoms with E-state index in [1.807, 2.05) is 0 Å². The van der Waals surface area contributed by atoms with Crippen LogP contribution in [0.2, 0.25) is 5.02 Å². The van der Waals surface area contributed by atoms with Crippen molar-refractivity contribution in [3.63, 3.8) is 0 Å². The van der Waals surface area contributed by atoms with Crippen molar-refractivity contribution >= 4 is 17.5 Å². The third-order valence-corrected chi connectivity index (χ3v) is 2.72. The average molecular weight is 281 g/mol. The van der Waals surface area contributed by atoms with E-state index in [4.69, 9.17) is 22.1 Å². The largest absolute Gasteiger partial charge is 0.437 e. The van der Waals surface area contributed by atoms with Crippen molar-refractivity contribution in [3.05, 3.63) is 52.4 Å². The van der Waals surface area contributed by atoms with E-state index >= 15 is 0 Å². The van der Waals surface area contributed by atoms with Gasteiger partial charge in [0.1, 0.15) is 16.6 Å². The highest BCUT2D eigenvalue weighted by Crippen LogP contribution is 2.28. The van der Waals surface area contributed by atoms with Crippen LogP contribution in [-0.2, 0) is 0 Å². The minimum absolute atomic E-state index is 0.0786. The molecule has 19 heavy (non-hydrogen) atoms. The van der Waals surface area contributed by atoms with Crippen LogP contribution in [0.5, 0.6) is 11.6 Å². The molecule has 2 N–H and O–H groups in total. The van der Waals surface area contributed by atoms with Crippen molar-refractivity contribution in [1.82, 2.24) is 4.98 Å². The lowest BCUT2D eigenvalue weighted by atomic mass is 10.2. The molecule has 2 rings (SSSR count). The van der Waals surface area contributed by atoms with Crippen LogP contribution in [0.15, 0.2) is 30.5 Å². The van der Waals surface area contributed by atoms with Crippen molar-refractivity contribution in [3.8, 4) is 11.6 Å². The molecule has 0 aliphatic carbocycles. The number of aromatic nitrogens is 1. The molecule has 0 unspecified atom stereocenters. The van der Waals surface area contributed by atoms with E-state index in [0.717, 1.165) is 0 Å². The predicted octanol–water partition coefficient (Wildman–Crippen LogP) is 3.07. The van der Waals surface area contributed by atoms with Gasteiger partial charge in [0.05, 0.1) is 5.56 Å². The zero-order valence-electron chi connectivity index (χ0n) is 9.98. The molecule has 1 aromatic carbocycles. The zero-order valence-corrected chi connectivity index (χ0v) is 10.7. The number of nitrogens with two attached hydrogens (primary N) is 1. The van der Waals surface area contributed by atoms with E-state index < -0.39 is 5.91 Å². The van der Waals surface area contributed by atoms with Crippen LogP contribution in [-0.4, -0.2) is 10.9 Å². The third-order valence-electron chi connectivity index (χ3n) is 2.45. The van der Waals surface area contributed by atoms with Crippen molar-refractivity contribution in [2.45, 2.75) is 6.92 Å². The SMILES string of the molecule is Cc1ccc(Oc2ncc(C(N)=O)cc2Cl)cc1F. The maximum atomic E-state index is 13.4. The molecule has 6 heteroatoms. The summed E-state index contributed by atoms with van der Waals surface area (Å²) < 4.78 is 18.7. The quantitative estimate of drug-likeness (QED) is 0.939. The molecule has 0 aliphatic rings. The van der Waals surface area contributed by atoms with Gasteiger partial charge in [-0.25, -0.2) is 9.37 Å². The average Bonchev–Trinajstić information content (AvgIpc) is 2.36.